The van der Waals surface area contributed by atoms with Crippen LogP contribution in [0.2, 0.25) is 5.02 Å². The summed E-state index contributed by atoms with van der Waals surface area (Å²) < 4.78 is 5.13. The standard InChI is InChI=1S/C16H21ClN4O2/c1-10(7-12-8-11(2)20-21-12)18-16(22)19-15-6-4-5-14(17)13(15)9-23-3/h4-6,8,10H,7,9H2,1-3H3,(H,20,21)(H2,18,19,22). The van der Waals surface area contributed by atoms with Crippen LogP contribution in [-0.4, -0.2) is 29.4 Å². The van der Waals surface area contributed by atoms with Gasteiger partial charge in [0, 0.05) is 41.5 Å². The molecule has 7 heteroatoms. The highest BCUT2D eigenvalue weighted by molar-refractivity contribution is 6.31. The topological polar surface area (TPSA) is 79.0 Å². The molecule has 1 aromatic heterocycles. The molecule has 23 heavy (non-hydrogen) atoms. The van der Waals surface area contributed by atoms with Gasteiger partial charge in [-0.3, -0.25) is 5.10 Å². The van der Waals surface area contributed by atoms with Gasteiger partial charge in [0.25, 0.3) is 0 Å². The third-order valence-electron chi connectivity index (χ3n) is 3.31. The third kappa shape index (κ3) is 4.97. The molecule has 0 bridgehead atoms. The molecule has 0 spiro atoms. The number of aromatic amines is 1. The molecule has 1 atom stereocenters. The molecule has 2 rings (SSSR count). The van der Waals surface area contributed by atoms with Crippen molar-refractivity contribution >= 4 is 23.3 Å². The van der Waals surface area contributed by atoms with Gasteiger partial charge in [0.15, 0.2) is 0 Å². The number of nitrogens with zero attached hydrogens (tertiary/aromatic N) is 1. The number of H-pyrrole nitrogens is 1. The Morgan fingerprint density at radius 3 is 2.91 bits per heavy atom. The Balaban J connectivity index is 1.95. The Hall–Kier alpha value is -2.05. The monoisotopic (exact) mass is 336 g/mol. The summed E-state index contributed by atoms with van der Waals surface area (Å²) in [6.45, 7) is 4.20. The van der Waals surface area contributed by atoms with E-state index in [4.69, 9.17) is 16.3 Å². The first-order valence-electron chi connectivity index (χ1n) is 7.34. The summed E-state index contributed by atoms with van der Waals surface area (Å²) in [6.07, 6.45) is 0.651. The van der Waals surface area contributed by atoms with E-state index in [-0.39, 0.29) is 12.1 Å². The SMILES string of the molecule is COCc1c(Cl)cccc1NC(=O)NC(C)Cc1cc(C)[nH]n1. The van der Waals surface area contributed by atoms with Crippen molar-refractivity contribution in [3.63, 3.8) is 0 Å². The molecule has 0 saturated carbocycles. The number of carbonyl (C=O) groups is 1. The van der Waals surface area contributed by atoms with E-state index in [1.54, 1.807) is 25.3 Å². The summed E-state index contributed by atoms with van der Waals surface area (Å²) in [6, 6.07) is 6.96. The molecule has 0 aliphatic rings. The van der Waals surface area contributed by atoms with Gasteiger partial charge in [0.2, 0.25) is 0 Å². The lowest BCUT2D eigenvalue weighted by Gasteiger charge is -2.16. The smallest absolute Gasteiger partial charge is 0.319 e. The summed E-state index contributed by atoms with van der Waals surface area (Å²) in [4.78, 5) is 12.2. The van der Waals surface area contributed by atoms with Gasteiger partial charge in [-0.25, -0.2) is 4.79 Å². The van der Waals surface area contributed by atoms with Crippen molar-refractivity contribution in [2.45, 2.75) is 32.9 Å². The number of nitrogens with one attached hydrogen (secondary N) is 3. The molecule has 2 amide bonds. The Morgan fingerprint density at radius 2 is 2.26 bits per heavy atom. The molecule has 1 heterocycles. The van der Waals surface area contributed by atoms with Crippen molar-refractivity contribution < 1.29 is 9.53 Å². The molecular formula is C16H21ClN4O2. The summed E-state index contributed by atoms with van der Waals surface area (Å²) in [7, 11) is 1.58. The lowest BCUT2D eigenvalue weighted by Crippen LogP contribution is -2.37. The second-order valence-electron chi connectivity index (χ2n) is 5.44. The molecular weight excluding hydrogens is 316 g/mol. The molecule has 3 N–H and O–H groups in total. The largest absolute Gasteiger partial charge is 0.380 e. The van der Waals surface area contributed by atoms with Crippen LogP contribution < -0.4 is 10.6 Å². The van der Waals surface area contributed by atoms with Crippen LogP contribution in [0.4, 0.5) is 10.5 Å². The number of aromatic nitrogens is 2. The zero-order valence-electron chi connectivity index (χ0n) is 13.4. The highest BCUT2D eigenvalue weighted by Crippen LogP contribution is 2.25. The maximum Gasteiger partial charge on any atom is 0.319 e. The third-order valence-corrected chi connectivity index (χ3v) is 3.66. The van der Waals surface area contributed by atoms with E-state index in [1.165, 1.54) is 0 Å². The van der Waals surface area contributed by atoms with Crippen molar-refractivity contribution in [2.24, 2.45) is 0 Å². The fourth-order valence-electron chi connectivity index (χ4n) is 2.29. The van der Waals surface area contributed by atoms with E-state index in [0.29, 0.717) is 23.7 Å². The number of hydrogen-bond donors (Lipinski definition) is 3. The molecule has 6 nitrogen and oxygen atoms in total. The minimum atomic E-state index is -0.288. The van der Waals surface area contributed by atoms with E-state index in [9.17, 15) is 4.79 Å². The average molecular weight is 337 g/mol. The Bertz CT molecular complexity index is 672. The first-order valence-corrected chi connectivity index (χ1v) is 7.72. The summed E-state index contributed by atoms with van der Waals surface area (Å²) in [5.74, 6) is 0. The van der Waals surface area contributed by atoms with Crippen LogP contribution in [0.1, 0.15) is 23.9 Å². The number of anilines is 1. The van der Waals surface area contributed by atoms with E-state index >= 15 is 0 Å². The predicted octanol–water partition coefficient (Wildman–Crippen LogP) is 3.27. The van der Waals surface area contributed by atoms with Gasteiger partial charge >= 0.3 is 6.03 Å². The molecule has 0 saturated heterocycles. The molecule has 0 fully saturated rings. The molecule has 2 aromatic rings. The number of amides is 2. The zero-order chi connectivity index (χ0) is 16.8. The van der Waals surface area contributed by atoms with Gasteiger partial charge in [0.05, 0.1) is 12.3 Å². The number of hydrogen-bond acceptors (Lipinski definition) is 3. The summed E-state index contributed by atoms with van der Waals surface area (Å²) in [5, 5.41) is 13.3. The van der Waals surface area contributed by atoms with Gasteiger partial charge in [0.1, 0.15) is 0 Å². The van der Waals surface area contributed by atoms with Crippen LogP contribution in [0.25, 0.3) is 0 Å². The fourth-order valence-corrected chi connectivity index (χ4v) is 2.52. The van der Waals surface area contributed by atoms with Crippen molar-refractivity contribution in [1.82, 2.24) is 15.5 Å². The number of ether oxygens (including phenoxy) is 1. The normalized spacial score (nSPS) is 12.0. The van der Waals surface area contributed by atoms with E-state index in [1.807, 2.05) is 19.9 Å². The molecule has 1 unspecified atom stereocenters. The number of methoxy groups -OCH3 is 1. The minimum Gasteiger partial charge on any atom is -0.380 e. The zero-order valence-corrected chi connectivity index (χ0v) is 14.2. The highest BCUT2D eigenvalue weighted by atomic mass is 35.5. The van der Waals surface area contributed by atoms with Crippen LogP contribution in [-0.2, 0) is 17.8 Å². The van der Waals surface area contributed by atoms with Gasteiger partial charge in [-0.05, 0) is 32.0 Å². The lowest BCUT2D eigenvalue weighted by atomic mass is 10.1. The number of carbonyl (C=O) groups excluding carboxylic acids is 1. The van der Waals surface area contributed by atoms with Crippen LogP contribution in [0.5, 0.6) is 0 Å². The number of benzene rings is 1. The van der Waals surface area contributed by atoms with Crippen molar-refractivity contribution in [2.75, 3.05) is 12.4 Å². The van der Waals surface area contributed by atoms with Gasteiger partial charge in [-0.15, -0.1) is 0 Å². The number of halogens is 1. The summed E-state index contributed by atoms with van der Waals surface area (Å²) in [5.41, 5.74) is 3.31. The van der Waals surface area contributed by atoms with Crippen LogP contribution >= 0.6 is 11.6 Å². The first kappa shape index (κ1) is 17.3. The molecule has 0 aliphatic carbocycles. The number of rotatable bonds is 6. The van der Waals surface area contributed by atoms with Gasteiger partial charge in [-0.1, -0.05) is 17.7 Å². The van der Waals surface area contributed by atoms with Gasteiger partial charge < -0.3 is 15.4 Å². The maximum atomic E-state index is 12.2. The van der Waals surface area contributed by atoms with Gasteiger partial charge in [-0.2, -0.15) is 5.10 Å². The van der Waals surface area contributed by atoms with E-state index in [2.05, 4.69) is 20.8 Å². The minimum absolute atomic E-state index is 0.0530. The van der Waals surface area contributed by atoms with Crippen LogP contribution in [0.15, 0.2) is 24.3 Å². The fraction of sp³-hybridized carbons (Fsp3) is 0.375. The van der Waals surface area contributed by atoms with Crippen LogP contribution in [0.3, 0.4) is 0 Å². The second kappa shape index (κ2) is 7.99. The molecule has 124 valence electrons. The molecule has 1 aromatic carbocycles. The quantitative estimate of drug-likeness (QED) is 0.757. The van der Waals surface area contributed by atoms with E-state index in [0.717, 1.165) is 17.0 Å². The number of aryl methyl sites for hydroxylation is 1. The van der Waals surface area contributed by atoms with Crippen molar-refractivity contribution in [1.29, 1.82) is 0 Å². The highest BCUT2D eigenvalue weighted by Gasteiger charge is 2.13. The predicted molar refractivity (Wildman–Crippen MR) is 90.8 cm³/mol. The first-order chi connectivity index (χ1) is 11.0. The molecule has 0 radical (unpaired) electrons. The molecule has 0 aliphatic heterocycles. The Morgan fingerprint density at radius 1 is 1.48 bits per heavy atom. The lowest BCUT2D eigenvalue weighted by molar-refractivity contribution is 0.185. The van der Waals surface area contributed by atoms with E-state index < -0.39 is 0 Å². The van der Waals surface area contributed by atoms with Crippen molar-refractivity contribution in [3.8, 4) is 0 Å². The van der Waals surface area contributed by atoms with Crippen molar-refractivity contribution in [3.05, 3.63) is 46.2 Å². The second-order valence-corrected chi connectivity index (χ2v) is 5.85. The van der Waals surface area contributed by atoms with Crippen LogP contribution in [0, 0.1) is 6.92 Å². The Kier molecular flexibility index (Phi) is 6.01. The maximum absolute atomic E-state index is 12.2. The number of urea groups is 1. The average Bonchev–Trinajstić information content (AvgIpc) is 2.87. The summed E-state index contributed by atoms with van der Waals surface area (Å²) >= 11 is 6.14. The Labute approximate surface area is 140 Å².